The summed E-state index contributed by atoms with van der Waals surface area (Å²) in [4.78, 5) is 35.1. The second kappa shape index (κ2) is 14.0. The van der Waals surface area contributed by atoms with Crippen molar-refractivity contribution < 1.29 is 29.7 Å². The fourth-order valence-electron chi connectivity index (χ4n) is 1.93. The first-order valence-corrected chi connectivity index (χ1v) is 6.95. The van der Waals surface area contributed by atoms with E-state index in [-0.39, 0.29) is 55.7 Å². The molecule has 0 fully saturated rings. The topological polar surface area (TPSA) is 118 Å². The SMILES string of the molecule is CCCCCN(CCN(CC(=O)O)CC(=O)O)CC(=O)O.[NaH]. The van der Waals surface area contributed by atoms with Crippen LogP contribution in [0.2, 0.25) is 0 Å². The number of carboxylic acid groups (broad SMARTS) is 3. The van der Waals surface area contributed by atoms with E-state index in [1.165, 1.54) is 4.90 Å². The molecule has 0 saturated heterocycles. The monoisotopic (exact) mass is 328 g/mol. The van der Waals surface area contributed by atoms with Gasteiger partial charge in [0.15, 0.2) is 0 Å². The molecule has 0 aromatic heterocycles. The van der Waals surface area contributed by atoms with E-state index in [0.717, 1.165) is 19.3 Å². The molecule has 0 aliphatic heterocycles. The Morgan fingerprint density at radius 2 is 1.14 bits per heavy atom. The van der Waals surface area contributed by atoms with Gasteiger partial charge < -0.3 is 15.3 Å². The van der Waals surface area contributed by atoms with Gasteiger partial charge in [0.2, 0.25) is 0 Å². The van der Waals surface area contributed by atoms with E-state index in [1.807, 2.05) is 6.92 Å². The molecule has 0 heterocycles. The molecule has 0 aromatic rings. The van der Waals surface area contributed by atoms with E-state index >= 15 is 0 Å². The third-order valence-electron chi connectivity index (χ3n) is 2.89. The van der Waals surface area contributed by atoms with Crippen LogP contribution >= 0.6 is 0 Å². The zero-order valence-corrected chi connectivity index (χ0v) is 12.3. The first-order valence-electron chi connectivity index (χ1n) is 6.95. The second-order valence-corrected chi connectivity index (χ2v) is 4.88. The molecule has 0 amide bonds. The molecule has 9 heteroatoms. The van der Waals surface area contributed by atoms with E-state index in [9.17, 15) is 14.4 Å². The van der Waals surface area contributed by atoms with Crippen LogP contribution in [0.1, 0.15) is 26.2 Å². The first kappa shape index (κ1) is 23.6. The predicted octanol–water partition coefficient (Wildman–Crippen LogP) is -0.614. The Morgan fingerprint density at radius 3 is 1.55 bits per heavy atom. The van der Waals surface area contributed by atoms with E-state index in [2.05, 4.69) is 0 Å². The summed E-state index contributed by atoms with van der Waals surface area (Å²) >= 11 is 0. The van der Waals surface area contributed by atoms with Crippen LogP contribution in [-0.4, -0.2) is 112 Å². The third-order valence-corrected chi connectivity index (χ3v) is 2.89. The summed E-state index contributed by atoms with van der Waals surface area (Å²) in [7, 11) is 0. The van der Waals surface area contributed by atoms with Crippen molar-refractivity contribution in [3.63, 3.8) is 0 Å². The van der Waals surface area contributed by atoms with Crippen molar-refractivity contribution >= 4 is 47.5 Å². The zero-order chi connectivity index (χ0) is 16.3. The van der Waals surface area contributed by atoms with Crippen molar-refractivity contribution in [2.24, 2.45) is 0 Å². The van der Waals surface area contributed by atoms with E-state index in [4.69, 9.17) is 15.3 Å². The second-order valence-electron chi connectivity index (χ2n) is 4.88. The van der Waals surface area contributed by atoms with Crippen molar-refractivity contribution in [2.75, 3.05) is 39.3 Å². The average Bonchev–Trinajstić information content (AvgIpc) is 2.33. The van der Waals surface area contributed by atoms with E-state index < -0.39 is 17.9 Å². The van der Waals surface area contributed by atoms with Crippen molar-refractivity contribution in [1.82, 2.24) is 9.80 Å². The molecule has 0 atom stereocenters. The standard InChI is InChI=1S/C13H24N2O6.Na.H/c1-2-3-4-5-14(8-11(16)17)6-7-15(9-12(18)19)10-13(20)21;;/h2-10H2,1H3,(H,16,17)(H,18,19)(H,20,21);;. The number of carbonyl (C=O) groups is 3. The van der Waals surface area contributed by atoms with Gasteiger partial charge in [0.25, 0.3) is 0 Å². The molecular formula is C13H25N2NaO6. The van der Waals surface area contributed by atoms with Gasteiger partial charge in [-0.3, -0.25) is 24.2 Å². The Morgan fingerprint density at radius 1 is 0.727 bits per heavy atom. The molecule has 3 N–H and O–H groups in total. The fourth-order valence-corrected chi connectivity index (χ4v) is 1.93. The summed E-state index contributed by atoms with van der Waals surface area (Å²) in [6.45, 7) is 2.31. The fraction of sp³-hybridized carbons (Fsp3) is 0.769. The Labute approximate surface area is 152 Å². The molecule has 0 saturated carbocycles. The maximum atomic E-state index is 10.8. The van der Waals surface area contributed by atoms with Gasteiger partial charge >= 0.3 is 47.5 Å². The summed E-state index contributed by atoms with van der Waals surface area (Å²) < 4.78 is 0. The zero-order valence-electron chi connectivity index (χ0n) is 12.3. The van der Waals surface area contributed by atoms with Gasteiger partial charge in [-0.05, 0) is 13.0 Å². The number of unbranched alkanes of at least 4 members (excludes halogenated alkanes) is 2. The average molecular weight is 328 g/mol. The summed E-state index contributed by atoms with van der Waals surface area (Å²) in [5.41, 5.74) is 0. The van der Waals surface area contributed by atoms with Gasteiger partial charge in [-0.25, -0.2) is 0 Å². The van der Waals surface area contributed by atoms with Crippen molar-refractivity contribution in [3.8, 4) is 0 Å². The Balaban J connectivity index is 0. The number of aliphatic carboxylic acids is 3. The number of hydrogen-bond acceptors (Lipinski definition) is 5. The molecule has 0 aromatic carbocycles. The van der Waals surface area contributed by atoms with Crippen LogP contribution in [0.4, 0.5) is 0 Å². The Hall–Kier alpha value is -0.670. The number of hydrogen-bond donors (Lipinski definition) is 3. The van der Waals surface area contributed by atoms with Crippen LogP contribution < -0.4 is 0 Å². The molecule has 124 valence electrons. The molecular weight excluding hydrogens is 303 g/mol. The summed E-state index contributed by atoms with van der Waals surface area (Å²) in [5.74, 6) is -3.16. The number of nitrogens with zero attached hydrogens (tertiary/aromatic N) is 2. The van der Waals surface area contributed by atoms with Gasteiger partial charge in [-0.1, -0.05) is 19.8 Å². The third kappa shape index (κ3) is 14.3. The molecule has 0 aliphatic rings. The summed E-state index contributed by atoms with van der Waals surface area (Å²) in [5, 5.41) is 26.3. The first-order chi connectivity index (χ1) is 9.85. The van der Waals surface area contributed by atoms with Gasteiger partial charge in [0, 0.05) is 13.1 Å². The predicted molar refractivity (Wildman–Crippen MR) is 82.5 cm³/mol. The van der Waals surface area contributed by atoms with Crippen LogP contribution in [0.5, 0.6) is 0 Å². The number of rotatable bonds is 13. The minimum atomic E-state index is -1.10. The molecule has 0 bridgehead atoms. The van der Waals surface area contributed by atoms with Gasteiger partial charge in [-0.15, -0.1) is 0 Å². The van der Waals surface area contributed by atoms with Crippen LogP contribution in [0.3, 0.4) is 0 Å². The Kier molecular flexibility index (Phi) is 15.0. The summed E-state index contributed by atoms with van der Waals surface area (Å²) in [6, 6.07) is 0. The molecule has 0 aliphatic carbocycles. The molecule has 0 radical (unpaired) electrons. The van der Waals surface area contributed by atoms with Crippen molar-refractivity contribution in [2.45, 2.75) is 26.2 Å². The van der Waals surface area contributed by atoms with Crippen LogP contribution in [0.25, 0.3) is 0 Å². The van der Waals surface area contributed by atoms with Crippen LogP contribution in [0.15, 0.2) is 0 Å². The normalized spacial score (nSPS) is 10.5. The van der Waals surface area contributed by atoms with Gasteiger partial charge in [-0.2, -0.15) is 0 Å². The van der Waals surface area contributed by atoms with Crippen molar-refractivity contribution in [3.05, 3.63) is 0 Å². The Bertz CT molecular complexity index is 337. The molecule has 22 heavy (non-hydrogen) atoms. The number of carboxylic acids is 3. The molecule has 0 unspecified atom stereocenters. The quantitative estimate of drug-likeness (QED) is 0.302. The van der Waals surface area contributed by atoms with Crippen LogP contribution in [0, 0.1) is 0 Å². The van der Waals surface area contributed by atoms with E-state index in [1.54, 1.807) is 4.90 Å². The molecule has 8 nitrogen and oxygen atoms in total. The van der Waals surface area contributed by atoms with Gasteiger partial charge in [0.1, 0.15) is 0 Å². The molecule has 0 spiro atoms. The minimum absolute atomic E-state index is 0. The van der Waals surface area contributed by atoms with Crippen molar-refractivity contribution in [1.29, 1.82) is 0 Å². The van der Waals surface area contributed by atoms with Crippen LogP contribution in [-0.2, 0) is 14.4 Å². The molecule has 0 rings (SSSR count). The van der Waals surface area contributed by atoms with E-state index in [0.29, 0.717) is 13.1 Å². The summed E-state index contributed by atoms with van der Waals surface area (Å²) in [6.07, 6.45) is 2.87. The van der Waals surface area contributed by atoms with Gasteiger partial charge in [0.05, 0.1) is 19.6 Å². The maximum absolute atomic E-state index is 10.8.